The number of ether oxygens (including phenoxy) is 4. The first-order valence-corrected chi connectivity index (χ1v) is 9.53. The lowest BCUT2D eigenvalue weighted by atomic mass is 10.1. The third-order valence-electron chi connectivity index (χ3n) is 4.45. The second kappa shape index (κ2) is 8.43. The zero-order valence-electron chi connectivity index (χ0n) is 15.9. The number of hydrogen-bond acceptors (Lipinski definition) is 6. The van der Waals surface area contributed by atoms with Gasteiger partial charge in [-0.1, -0.05) is 0 Å². The van der Waals surface area contributed by atoms with Crippen LogP contribution in [-0.4, -0.2) is 51.5 Å². The average molecular weight is 389 g/mol. The van der Waals surface area contributed by atoms with Crippen molar-refractivity contribution in [3.63, 3.8) is 0 Å². The van der Waals surface area contributed by atoms with E-state index >= 15 is 0 Å². The number of amides is 1. The summed E-state index contributed by atoms with van der Waals surface area (Å²) in [5.74, 6) is 3.40. The minimum absolute atomic E-state index is 0.0768. The van der Waals surface area contributed by atoms with Gasteiger partial charge in [0.25, 0.3) is 5.91 Å². The van der Waals surface area contributed by atoms with Gasteiger partial charge in [-0.3, -0.25) is 4.79 Å². The molecule has 6 nitrogen and oxygen atoms in total. The molecule has 0 aromatic heterocycles. The van der Waals surface area contributed by atoms with Gasteiger partial charge in [-0.15, -0.1) is 11.8 Å². The third kappa shape index (κ3) is 3.93. The van der Waals surface area contributed by atoms with Crippen LogP contribution in [0.4, 0.5) is 0 Å². The van der Waals surface area contributed by atoms with E-state index in [-0.39, 0.29) is 11.3 Å². The Morgan fingerprint density at radius 1 is 0.926 bits per heavy atom. The highest BCUT2D eigenvalue weighted by Gasteiger charge is 2.33. The number of nitrogens with zero attached hydrogens (tertiary/aromatic N) is 1. The normalized spacial score (nSPS) is 16.1. The van der Waals surface area contributed by atoms with E-state index in [1.165, 1.54) is 0 Å². The number of benzene rings is 2. The van der Waals surface area contributed by atoms with E-state index in [0.29, 0.717) is 23.6 Å². The summed E-state index contributed by atoms with van der Waals surface area (Å²) in [4.78, 5) is 15.1. The van der Waals surface area contributed by atoms with Gasteiger partial charge in [0.05, 0.1) is 28.4 Å². The fourth-order valence-electron chi connectivity index (χ4n) is 3.06. The maximum atomic E-state index is 13.3. The minimum Gasteiger partial charge on any atom is -0.497 e. The Balaban J connectivity index is 1.96. The molecule has 1 saturated heterocycles. The summed E-state index contributed by atoms with van der Waals surface area (Å²) >= 11 is 1.70. The molecule has 0 aliphatic carbocycles. The first kappa shape index (κ1) is 19.2. The van der Waals surface area contributed by atoms with Crippen molar-refractivity contribution in [3.8, 4) is 23.0 Å². The lowest BCUT2D eigenvalue weighted by molar-refractivity contribution is 0.0758. The Labute approximate surface area is 163 Å². The molecule has 0 N–H and O–H groups in total. The second-order valence-electron chi connectivity index (χ2n) is 5.93. The molecule has 0 radical (unpaired) electrons. The molecule has 2 aromatic carbocycles. The van der Waals surface area contributed by atoms with Crippen LogP contribution in [0.1, 0.15) is 21.3 Å². The molecule has 2 aromatic rings. The minimum atomic E-state index is -0.153. The van der Waals surface area contributed by atoms with Crippen molar-refractivity contribution >= 4 is 17.7 Å². The Morgan fingerprint density at radius 2 is 1.59 bits per heavy atom. The largest absolute Gasteiger partial charge is 0.497 e. The number of carbonyl (C=O) groups excluding carboxylic acids is 1. The molecule has 3 rings (SSSR count). The lowest BCUT2D eigenvalue weighted by Gasteiger charge is -2.26. The number of rotatable bonds is 6. The van der Waals surface area contributed by atoms with Gasteiger partial charge in [0, 0.05) is 29.5 Å². The first-order chi connectivity index (χ1) is 13.1. The van der Waals surface area contributed by atoms with Crippen molar-refractivity contribution in [1.29, 1.82) is 0 Å². The predicted octanol–water partition coefficient (Wildman–Crippen LogP) is 3.61. The van der Waals surface area contributed by atoms with Gasteiger partial charge in [0.1, 0.15) is 28.4 Å². The van der Waals surface area contributed by atoms with Crippen LogP contribution in [0.5, 0.6) is 23.0 Å². The molecule has 1 unspecified atom stereocenters. The average Bonchev–Trinajstić information content (AvgIpc) is 3.21. The number of methoxy groups -OCH3 is 4. The SMILES string of the molecule is COc1cc(OC)cc(C(=O)N2CCSC2c2cc(OC)ccc2OC)c1. The molecule has 1 aliphatic heterocycles. The van der Waals surface area contributed by atoms with Gasteiger partial charge in [-0.25, -0.2) is 0 Å². The molecular weight excluding hydrogens is 366 g/mol. The maximum Gasteiger partial charge on any atom is 0.255 e. The van der Waals surface area contributed by atoms with Crippen LogP contribution >= 0.6 is 11.8 Å². The summed E-state index contributed by atoms with van der Waals surface area (Å²) in [6.45, 7) is 0.647. The summed E-state index contributed by atoms with van der Waals surface area (Å²) in [6, 6.07) is 10.8. The van der Waals surface area contributed by atoms with Crippen molar-refractivity contribution in [1.82, 2.24) is 4.90 Å². The van der Waals surface area contributed by atoms with Crippen molar-refractivity contribution in [2.75, 3.05) is 40.7 Å². The van der Waals surface area contributed by atoms with Crippen LogP contribution in [0.15, 0.2) is 36.4 Å². The van der Waals surface area contributed by atoms with Gasteiger partial charge in [-0.2, -0.15) is 0 Å². The molecule has 1 aliphatic rings. The first-order valence-electron chi connectivity index (χ1n) is 8.48. The fourth-order valence-corrected chi connectivity index (χ4v) is 4.33. The molecule has 7 heteroatoms. The predicted molar refractivity (Wildman–Crippen MR) is 105 cm³/mol. The molecule has 144 valence electrons. The second-order valence-corrected chi connectivity index (χ2v) is 7.12. The molecule has 0 spiro atoms. The zero-order chi connectivity index (χ0) is 19.4. The number of thioether (sulfide) groups is 1. The monoisotopic (exact) mass is 389 g/mol. The highest BCUT2D eigenvalue weighted by atomic mass is 32.2. The third-order valence-corrected chi connectivity index (χ3v) is 5.70. The van der Waals surface area contributed by atoms with E-state index in [1.54, 1.807) is 58.4 Å². The molecule has 1 fully saturated rings. The van der Waals surface area contributed by atoms with Crippen LogP contribution in [0.3, 0.4) is 0 Å². The van der Waals surface area contributed by atoms with E-state index in [1.807, 2.05) is 23.1 Å². The number of hydrogen-bond donors (Lipinski definition) is 0. The van der Waals surface area contributed by atoms with Crippen LogP contribution in [0.2, 0.25) is 0 Å². The van der Waals surface area contributed by atoms with E-state index in [4.69, 9.17) is 18.9 Å². The van der Waals surface area contributed by atoms with Gasteiger partial charge in [-0.05, 0) is 30.3 Å². The van der Waals surface area contributed by atoms with Crippen LogP contribution in [0, 0.1) is 0 Å². The van der Waals surface area contributed by atoms with Crippen LogP contribution in [-0.2, 0) is 0 Å². The Hall–Kier alpha value is -2.54. The van der Waals surface area contributed by atoms with Crippen molar-refractivity contribution in [3.05, 3.63) is 47.5 Å². The van der Waals surface area contributed by atoms with Gasteiger partial charge in [0.15, 0.2) is 0 Å². The molecule has 27 heavy (non-hydrogen) atoms. The summed E-state index contributed by atoms with van der Waals surface area (Å²) < 4.78 is 21.5. The van der Waals surface area contributed by atoms with E-state index in [2.05, 4.69) is 0 Å². The fraction of sp³-hybridized carbons (Fsp3) is 0.350. The van der Waals surface area contributed by atoms with Crippen molar-refractivity contribution in [2.45, 2.75) is 5.37 Å². The zero-order valence-corrected chi connectivity index (χ0v) is 16.7. The standard InChI is InChI=1S/C20H23NO5S/c1-23-14-5-6-18(26-4)17(12-14)20-21(7-8-27-20)19(22)13-9-15(24-2)11-16(10-13)25-3/h5-6,9-12,20H,7-8H2,1-4H3. The summed E-state index contributed by atoms with van der Waals surface area (Å²) in [5, 5.41) is -0.153. The smallest absolute Gasteiger partial charge is 0.255 e. The van der Waals surface area contributed by atoms with Gasteiger partial charge >= 0.3 is 0 Å². The quantitative estimate of drug-likeness (QED) is 0.752. The Bertz CT molecular complexity index is 804. The van der Waals surface area contributed by atoms with E-state index in [0.717, 1.165) is 22.8 Å². The number of carbonyl (C=O) groups is 1. The van der Waals surface area contributed by atoms with Crippen molar-refractivity contribution in [2.24, 2.45) is 0 Å². The molecule has 0 bridgehead atoms. The molecule has 1 atom stereocenters. The van der Waals surface area contributed by atoms with Crippen LogP contribution < -0.4 is 18.9 Å². The molecule has 0 saturated carbocycles. The summed E-state index contributed by atoms with van der Waals surface area (Å²) in [6.07, 6.45) is 0. The molecule has 1 heterocycles. The lowest BCUT2D eigenvalue weighted by Crippen LogP contribution is -2.30. The molecular formula is C20H23NO5S. The topological polar surface area (TPSA) is 57.2 Å². The van der Waals surface area contributed by atoms with E-state index in [9.17, 15) is 4.79 Å². The highest BCUT2D eigenvalue weighted by molar-refractivity contribution is 7.99. The van der Waals surface area contributed by atoms with Gasteiger partial charge in [0.2, 0.25) is 0 Å². The summed E-state index contributed by atoms with van der Waals surface area (Å²) in [5.41, 5.74) is 1.45. The van der Waals surface area contributed by atoms with Crippen molar-refractivity contribution < 1.29 is 23.7 Å². The Morgan fingerprint density at radius 3 is 2.19 bits per heavy atom. The Kier molecular flexibility index (Phi) is 6.01. The van der Waals surface area contributed by atoms with Gasteiger partial charge < -0.3 is 23.8 Å². The molecule has 1 amide bonds. The summed E-state index contributed by atoms with van der Waals surface area (Å²) in [7, 11) is 6.39. The van der Waals surface area contributed by atoms with E-state index < -0.39 is 0 Å². The highest BCUT2D eigenvalue weighted by Crippen LogP contribution is 2.44. The maximum absolute atomic E-state index is 13.3. The van der Waals surface area contributed by atoms with Crippen LogP contribution in [0.25, 0.3) is 0 Å².